The Balaban J connectivity index is 1.90. The maximum absolute atomic E-state index is 11.9. The zero-order chi connectivity index (χ0) is 17.2. The molecular formula is C20H20O3S. The van der Waals surface area contributed by atoms with Gasteiger partial charge in [0.25, 0.3) is 0 Å². The Morgan fingerprint density at radius 3 is 2.17 bits per heavy atom. The van der Waals surface area contributed by atoms with Crippen molar-refractivity contribution in [3.63, 3.8) is 0 Å². The highest BCUT2D eigenvalue weighted by Gasteiger charge is 2.48. The van der Waals surface area contributed by atoms with E-state index in [4.69, 9.17) is 9.47 Å². The van der Waals surface area contributed by atoms with E-state index >= 15 is 0 Å². The van der Waals surface area contributed by atoms with Crippen LogP contribution in [0.5, 0.6) is 11.5 Å². The van der Waals surface area contributed by atoms with Gasteiger partial charge in [0.15, 0.2) is 4.93 Å². The molecule has 0 spiro atoms. The third-order valence-corrected chi connectivity index (χ3v) is 5.42. The molecule has 24 heavy (non-hydrogen) atoms. The number of thioether (sulfide) groups is 1. The summed E-state index contributed by atoms with van der Waals surface area (Å²) in [6, 6.07) is 17.4. The summed E-state index contributed by atoms with van der Waals surface area (Å²) in [5, 5.41) is 1.81. The molecule has 0 saturated heterocycles. The van der Waals surface area contributed by atoms with E-state index in [9.17, 15) is 4.79 Å². The third-order valence-electron chi connectivity index (χ3n) is 3.88. The number of carbonyl (C=O) groups is 1. The fraction of sp³-hybridized carbons (Fsp3) is 0.250. The van der Waals surface area contributed by atoms with Crippen molar-refractivity contribution in [1.82, 2.24) is 0 Å². The Morgan fingerprint density at radius 2 is 1.58 bits per heavy atom. The summed E-state index contributed by atoms with van der Waals surface area (Å²) in [4.78, 5) is 11.1. The molecule has 3 nitrogen and oxygen atoms in total. The number of esters is 1. The molecule has 2 aromatic rings. The van der Waals surface area contributed by atoms with Gasteiger partial charge in [0.1, 0.15) is 11.5 Å². The minimum atomic E-state index is -0.746. The summed E-state index contributed by atoms with van der Waals surface area (Å²) < 4.78 is 11.6. The van der Waals surface area contributed by atoms with Crippen LogP contribution in [0.25, 0.3) is 0 Å². The van der Waals surface area contributed by atoms with Crippen LogP contribution < -0.4 is 4.74 Å². The van der Waals surface area contributed by atoms with Gasteiger partial charge in [-0.3, -0.25) is 0 Å². The molecule has 1 atom stereocenters. The topological polar surface area (TPSA) is 35.5 Å². The maximum atomic E-state index is 11.9. The zero-order valence-electron chi connectivity index (χ0n) is 14.0. The minimum Gasteiger partial charge on any atom is -0.457 e. The van der Waals surface area contributed by atoms with Gasteiger partial charge in [-0.05, 0) is 29.7 Å². The van der Waals surface area contributed by atoms with Crippen molar-refractivity contribution in [3.8, 4) is 11.5 Å². The second-order valence-electron chi connectivity index (χ2n) is 6.65. The van der Waals surface area contributed by atoms with Gasteiger partial charge in [0, 0.05) is 17.1 Å². The average molecular weight is 340 g/mol. The summed E-state index contributed by atoms with van der Waals surface area (Å²) in [5.41, 5.74) is 0.679. The smallest absolute Gasteiger partial charge is 0.333 e. The van der Waals surface area contributed by atoms with Crippen molar-refractivity contribution in [2.75, 3.05) is 0 Å². The van der Waals surface area contributed by atoms with Crippen LogP contribution in [0.3, 0.4) is 0 Å². The van der Waals surface area contributed by atoms with Crippen molar-refractivity contribution in [3.05, 3.63) is 71.6 Å². The molecule has 0 saturated carbocycles. The van der Waals surface area contributed by atoms with E-state index in [0.29, 0.717) is 0 Å². The molecule has 0 aromatic heterocycles. The second kappa shape index (κ2) is 6.36. The number of rotatable bonds is 3. The van der Waals surface area contributed by atoms with Crippen molar-refractivity contribution in [2.45, 2.75) is 25.7 Å². The molecular weight excluding hydrogens is 320 g/mol. The Bertz CT molecular complexity index is 745. The number of cyclic esters (lactones) is 1. The number of hydrogen-bond acceptors (Lipinski definition) is 4. The number of benzene rings is 2. The molecule has 0 fully saturated rings. The van der Waals surface area contributed by atoms with E-state index in [2.05, 4.69) is 20.8 Å². The number of carbonyl (C=O) groups excluding carboxylic acids is 1. The van der Waals surface area contributed by atoms with E-state index in [-0.39, 0.29) is 11.4 Å². The van der Waals surface area contributed by atoms with E-state index in [1.165, 1.54) is 17.8 Å². The molecule has 0 amide bonds. The molecule has 3 rings (SSSR count). The summed E-state index contributed by atoms with van der Waals surface area (Å²) >= 11 is 1.52. The summed E-state index contributed by atoms with van der Waals surface area (Å²) in [6.45, 7) is 6.21. The van der Waals surface area contributed by atoms with Crippen LogP contribution in [0.1, 0.15) is 26.3 Å². The van der Waals surface area contributed by atoms with Gasteiger partial charge in [0.05, 0.1) is 0 Å². The quantitative estimate of drug-likeness (QED) is 0.693. The fourth-order valence-corrected chi connectivity index (χ4v) is 3.77. The highest BCUT2D eigenvalue weighted by atomic mass is 32.2. The first-order valence-corrected chi connectivity index (χ1v) is 8.69. The van der Waals surface area contributed by atoms with Gasteiger partial charge in [-0.15, -0.1) is 0 Å². The first-order valence-electron chi connectivity index (χ1n) is 7.81. The van der Waals surface area contributed by atoms with Crippen LogP contribution in [0.2, 0.25) is 0 Å². The molecule has 1 aliphatic rings. The van der Waals surface area contributed by atoms with Crippen LogP contribution in [0, 0.1) is 5.41 Å². The van der Waals surface area contributed by atoms with Crippen LogP contribution in [0.15, 0.2) is 66.1 Å². The minimum absolute atomic E-state index is 0.264. The van der Waals surface area contributed by atoms with Crippen LogP contribution in [0.4, 0.5) is 0 Å². The standard InChI is InChI=1S/C20H20O3S/c1-19(2,3)20(23-18(21)13-14-24-20)15-9-11-17(12-10-15)22-16-7-5-4-6-8-16/h4-14H,1-3H3. The van der Waals surface area contributed by atoms with E-state index in [0.717, 1.165) is 17.1 Å². The number of ether oxygens (including phenoxy) is 2. The summed E-state index contributed by atoms with van der Waals surface area (Å²) in [7, 11) is 0. The van der Waals surface area contributed by atoms with Crippen molar-refractivity contribution in [2.24, 2.45) is 5.41 Å². The van der Waals surface area contributed by atoms with Gasteiger partial charge in [0.2, 0.25) is 0 Å². The van der Waals surface area contributed by atoms with Gasteiger partial charge < -0.3 is 9.47 Å². The zero-order valence-corrected chi connectivity index (χ0v) is 14.8. The number of para-hydroxylation sites is 1. The monoisotopic (exact) mass is 340 g/mol. The van der Waals surface area contributed by atoms with Crippen molar-refractivity contribution < 1.29 is 14.3 Å². The van der Waals surface area contributed by atoms with Crippen LogP contribution in [-0.4, -0.2) is 5.97 Å². The molecule has 1 unspecified atom stereocenters. The fourth-order valence-electron chi connectivity index (χ4n) is 2.64. The van der Waals surface area contributed by atoms with Crippen LogP contribution >= 0.6 is 11.8 Å². The molecule has 4 heteroatoms. The largest absolute Gasteiger partial charge is 0.457 e. The van der Waals surface area contributed by atoms with Crippen molar-refractivity contribution in [1.29, 1.82) is 0 Å². The molecule has 124 valence electrons. The molecule has 1 aliphatic heterocycles. The van der Waals surface area contributed by atoms with E-state index < -0.39 is 4.93 Å². The summed E-state index contributed by atoms with van der Waals surface area (Å²) in [5.74, 6) is 1.22. The highest BCUT2D eigenvalue weighted by molar-refractivity contribution is 8.03. The molecule has 2 aromatic carbocycles. The molecule has 0 bridgehead atoms. The first kappa shape index (κ1) is 16.7. The Labute approximate surface area is 146 Å². The highest BCUT2D eigenvalue weighted by Crippen LogP contribution is 2.53. The third kappa shape index (κ3) is 3.20. The van der Waals surface area contributed by atoms with E-state index in [1.807, 2.05) is 60.0 Å². The molecule has 1 heterocycles. The lowest BCUT2D eigenvalue weighted by Crippen LogP contribution is -2.42. The Hall–Kier alpha value is -2.20. The lowest BCUT2D eigenvalue weighted by atomic mass is 9.83. The Morgan fingerprint density at radius 1 is 0.958 bits per heavy atom. The predicted octanol–water partition coefficient (Wildman–Crippen LogP) is 5.48. The molecule has 0 radical (unpaired) electrons. The molecule has 0 N–H and O–H groups in total. The van der Waals surface area contributed by atoms with Gasteiger partial charge >= 0.3 is 5.97 Å². The SMILES string of the molecule is CC(C)(C)C1(c2ccc(Oc3ccccc3)cc2)OC(=O)C=CS1. The van der Waals surface area contributed by atoms with Gasteiger partial charge in [-0.2, -0.15) is 0 Å². The average Bonchev–Trinajstić information content (AvgIpc) is 2.55. The lowest BCUT2D eigenvalue weighted by molar-refractivity contribution is -0.154. The van der Waals surface area contributed by atoms with Crippen molar-refractivity contribution >= 4 is 17.7 Å². The maximum Gasteiger partial charge on any atom is 0.333 e. The summed E-state index contributed by atoms with van der Waals surface area (Å²) in [6.07, 6.45) is 1.46. The first-order chi connectivity index (χ1) is 11.4. The second-order valence-corrected chi connectivity index (χ2v) is 7.73. The van der Waals surface area contributed by atoms with E-state index in [1.54, 1.807) is 0 Å². The van der Waals surface area contributed by atoms with Crippen LogP contribution in [-0.2, 0) is 14.5 Å². The normalized spacial score (nSPS) is 20.5. The lowest BCUT2D eigenvalue weighted by Gasteiger charge is -2.44. The van der Waals surface area contributed by atoms with Gasteiger partial charge in [-0.25, -0.2) is 4.79 Å². The van der Waals surface area contributed by atoms with Gasteiger partial charge in [-0.1, -0.05) is 62.9 Å². The number of hydrogen-bond donors (Lipinski definition) is 0. The predicted molar refractivity (Wildman–Crippen MR) is 96.9 cm³/mol. The molecule has 0 aliphatic carbocycles. The Kier molecular flexibility index (Phi) is 4.41.